The highest BCUT2D eigenvalue weighted by Gasteiger charge is 2.17. The molecule has 0 heteroatoms. The van der Waals surface area contributed by atoms with E-state index in [1.165, 1.54) is 80.9 Å². The average molecular weight is 373 g/mol. The van der Waals surface area contributed by atoms with Crippen LogP contribution in [-0.4, -0.2) is 0 Å². The van der Waals surface area contributed by atoms with Crippen LogP contribution in [0.15, 0.2) is 48.5 Å². The van der Waals surface area contributed by atoms with Crippen LogP contribution in [0.4, 0.5) is 0 Å². The molecule has 0 amide bonds. The zero-order valence-corrected chi connectivity index (χ0v) is 17.8. The van der Waals surface area contributed by atoms with E-state index in [4.69, 9.17) is 0 Å². The van der Waals surface area contributed by atoms with Gasteiger partial charge in [-0.2, -0.15) is 0 Å². The molecule has 0 nitrogen and oxygen atoms in total. The second-order valence-electron chi connectivity index (χ2n) is 8.48. The smallest absolute Gasteiger partial charge is 0.0245 e. The van der Waals surface area contributed by atoms with Crippen LogP contribution in [0, 0.1) is 23.7 Å². The molecule has 3 rings (SSSR count). The van der Waals surface area contributed by atoms with Gasteiger partial charge in [-0.1, -0.05) is 87.8 Å². The molecule has 0 saturated heterocycles. The molecule has 0 N–H and O–H groups in total. The first-order chi connectivity index (χ1) is 13.8. The molecule has 0 aromatic heterocycles. The Labute approximate surface area is 172 Å². The van der Waals surface area contributed by atoms with Gasteiger partial charge in [-0.3, -0.25) is 0 Å². The van der Waals surface area contributed by atoms with Gasteiger partial charge in [0.2, 0.25) is 0 Å². The fourth-order valence-electron chi connectivity index (χ4n) is 4.27. The Morgan fingerprint density at radius 1 is 0.750 bits per heavy atom. The summed E-state index contributed by atoms with van der Waals surface area (Å²) >= 11 is 0. The molecule has 2 aromatic rings. The van der Waals surface area contributed by atoms with Crippen molar-refractivity contribution < 1.29 is 0 Å². The van der Waals surface area contributed by atoms with Crippen molar-refractivity contribution in [3.05, 3.63) is 59.7 Å². The summed E-state index contributed by atoms with van der Waals surface area (Å²) in [6, 6.07) is 17.9. The predicted octanol–water partition coefficient (Wildman–Crippen LogP) is 8.04. The third-order valence-corrected chi connectivity index (χ3v) is 6.34. The molecule has 28 heavy (non-hydrogen) atoms. The van der Waals surface area contributed by atoms with Gasteiger partial charge < -0.3 is 0 Å². The third-order valence-electron chi connectivity index (χ3n) is 6.34. The lowest BCUT2D eigenvalue weighted by atomic mass is 9.81. The first-order valence-electron chi connectivity index (χ1n) is 11.5. The number of hydrogen-bond acceptors (Lipinski definition) is 0. The Bertz CT molecular complexity index is 746. The Balaban J connectivity index is 1.54. The van der Waals surface area contributed by atoms with Gasteiger partial charge in [0.05, 0.1) is 0 Å². The highest BCUT2D eigenvalue weighted by Crippen LogP contribution is 2.30. The largest absolute Gasteiger partial charge is 0.0945 e. The summed E-state index contributed by atoms with van der Waals surface area (Å²) in [7, 11) is 0. The van der Waals surface area contributed by atoms with Crippen LogP contribution >= 0.6 is 0 Å². The highest BCUT2D eigenvalue weighted by atomic mass is 14.2. The van der Waals surface area contributed by atoms with Crippen LogP contribution in [0.25, 0.3) is 11.1 Å². The second-order valence-corrected chi connectivity index (χ2v) is 8.48. The topological polar surface area (TPSA) is 0 Å². The molecule has 0 heterocycles. The molecule has 0 unspecified atom stereocenters. The van der Waals surface area contributed by atoms with Gasteiger partial charge in [0, 0.05) is 11.5 Å². The van der Waals surface area contributed by atoms with E-state index in [0.29, 0.717) is 5.92 Å². The van der Waals surface area contributed by atoms with Crippen LogP contribution in [-0.2, 0) is 6.42 Å². The first kappa shape index (κ1) is 20.7. The summed E-state index contributed by atoms with van der Waals surface area (Å²) in [5, 5.41) is 0. The van der Waals surface area contributed by atoms with Crippen LogP contribution in [0.3, 0.4) is 0 Å². The van der Waals surface area contributed by atoms with Gasteiger partial charge in [0.15, 0.2) is 0 Å². The van der Waals surface area contributed by atoms with Crippen molar-refractivity contribution in [1.82, 2.24) is 0 Å². The molecule has 0 bridgehead atoms. The minimum Gasteiger partial charge on any atom is -0.0945 e. The lowest BCUT2D eigenvalue weighted by Crippen LogP contribution is -2.12. The molecular weight excluding hydrogens is 336 g/mol. The Morgan fingerprint density at radius 2 is 1.39 bits per heavy atom. The van der Waals surface area contributed by atoms with E-state index in [2.05, 4.69) is 74.2 Å². The van der Waals surface area contributed by atoms with Crippen molar-refractivity contribution in [2.24, 2.45) is 11.8 Å². The van der Waals surface area contributed by atoms with E-state index in [-0.39, 0.29) is 0 Å². The van der Waals surface area contributed by atoms with E-state index in [0.717, 1.165) is 11.5 Å². The van der Waals surface area contributed by atoms with E-state index in [9.17, 15) is 0 Å². The highest BCUT2D eigenvalue weighted by molar-refractivity contribution is 5.64. The fraction of sp³-hybridized carbons (Fsp3) is 0.500. The van der Waals surface area contributed by atoms with Crippen LogP contribution < -0.4 is 0 Å². The van der Waals surface area contributed by atoms with Gasteiger partial charge in [-0.05, 0) is 73.3 Å². The van der Waals surface area contributed by atoms with Crippen molar-refractivity contribution in [3.63, 3.8) is 0 Å². The van der Waals surface area contributed by atoms with Crippen LogP contribution in [0.5, 0.6) is 0 Å². The van der Waals surface area contributed by atoms with E-state index < -0.39 is 0 Å². The maximum Gasteiger partial charge on any atom is 0.0245 e. The van der Waals surface area contributed by atoms with Crippen molar-refractivity contribution in [3.8, 4) is 23.0 Å². The van der Waals surface area contributed by atoms with Gasteiger partial charge >= 0.3 is 0 Å². The summed E-state index contributed by atoms with van der Waals surface area (Å²) in [6.45, 7) is 4.59. The molecule has 2 aromatic carbocycles. The minimum absolute atomic E-state index is 0.604. The molecule has 0 radical (unpaired) electrons. The lowest BCUT2D eigenvalue weighted by molar-refractivity contribution is 0.309. The summed E-state index contributed by atoms with van der Waals surface area (Å²) in [4.78, 5) is 0. The SMILES string of the molecule is CCCCCCc1ccc(-c2ccc(C#C[C@H]3CC[C@H](CC)CC3)cc2)cc1. The zero-order chi connectivity index (χ0) is 19.6. The quantitative estimate of drug-likeness (QED) is 0.341. The van der Waals surface area contributed by atoms with E-state index >= 15 is 0 Å². The number of rotatable bonds is 7. The zero-order valence-electron chi connectivity index (χ0n) is 17.8. The van der Waals surface area contributed by atoms with Crippen molar-refractivity contribution >= 4 is 0 Å². The summed E-state index contributed by atoms with van der Waals surface area (Å²) in [5.74, 6) is 8.49. The van der Waals surface area contributed by atoms with Crippen LogP contribution in [0.2, 0.25) is 0 Å². The number of unbranched alkanes of at least 4 members (excludes halogenated alkanes) is 3. The van der Waals surface area contributed by atoms with Crippen molar-refractivity contribution in [1.29, 1.82) is 0 Å². The molecule has 0 aliphatic heterocycles. The molecule has 1 aliphatic rings. The maximum atomic E-state index is 3.53. The van der Waals surface area contributed by atoms with Crippen molar-refractivity contribution in [2.75, 3.05) is 0 Å². The standard InChI is InChI=1S/C28H36/c1-3-5-6-7-8-24-15-19-27(20-16-24)28-21-17-26(18-22-28)14-13-25-11-9-23(4-2)10-12-25/h15-23,25H,3-12H2,1-2H3/t23-,25-. The second kappa shape index (κ2) is 11.1. The number of aryl methyl sites for hydroxylation is 1. The van der Waals surface area contributed by atoms with Gasteiger partial charge in [-0.25, -0.2) is 0 Å². The Morgan fingerprint density at radius 3 is 2.00 bits per heavy atom. The van der Waals surface area contributed by atoms with Gasteiger partial charge in [0.1, 0.15) is 0 Å². The summed E-state index contributed by atoms with van der Waals surface area (Å²) < 4.78 is 0. The van der Waals surface area contributed by atoms with Gasteiger partial charge in [-0.15, -0.1) is 0 Å². The number of hydrogen-bond donors (Lipinski definition) is 0. The summed E-state index contributed by atoms with van der Waals surface area (Å²) in [5.41, 5.74) is 5.19. The first-order valence-corrected chi connectivity index (χ1v) is 11.5. The lowest BCUT2D eigenvalue weighted by Gasteiger charge is -2.24. The minimum atomic E-state index is 0.604. The van der Waals surface area contributed by atoms with Crippen LogP contribution in [0.1, 0.15) is 82.8 Å². The monoisotopic (exact) mass is 372 g/mol. The third kappa shape index (κ3) is 6.27. The van der Waals surface area contributed by atoms with E-state index in [1.807, 2.05) is 0 Å². The Kier molecular flexibility index (Phi) is 8.23. The molecule has 1 saturated carbocycles. The van der Waals surface area contributed by atoms with E-state index in [1.54, 1.807) is 0 Å². The molecule has 148 valence electrons. The molecular formula is C28H36. The molecule has 1 aliphatic carbocycles. The maximum absolute atomic E-state index is 3.53. The summed E-state index contributed by atoms with van der Waals surface area (Å²) in [6.07, 6.45) is 13.2. The number of benzene rings is 2. The predicted molar refractivity (Wildman–Crippen MR) is 122 cm³/mol. The Hall–Kier alpha value is -2.00. The average Bonchev–Trinajstić information content (AvgIpc) is 2.76. The molecule has 0 atom stereocenters. The van der Waals surface area contributed by atoms with Crippen molar-refractivity contribution in [2.45, 2.75) is 78.1 Å². The molecule has 0 spiro atoms. The van der Waals surface area contributed by atoms with Gasteiger partial charge in [0.25, 0.3) is 0 Å². The normalized spacial score (nSPS) is 19.1. The molecule has 1 fully saturated rings. The fourth-order valence-corrected chi connectivity index (χ4v) is 4.27.